The molecule has 0 amide bonds. The summed E-state index contributed by atoms with van der Waals surface area (Å²) in [6.45, 7) is 3.83. The fourth-order valence-electron chi connectivity index (χ4n) is 2.12. The maximum absolute atomic E-state index is 12.1. The number of aliphatic hydroxyl groups is 1. The number of aryl methyl sites for hydroxylation is 1. The summed E-state index contributed by atoms with van der Waals surface area (Å²) in [5, 5.41) is 9.10. The quantitative estimate of drug-likeness (QED) is 0.842. The summed E-state index contributed by atoms with van der Waals surface area (Å²) >= 11 is 1.15. The van der Waals surface area contributed by atoms with Crippen molar-refractivity contribution >= 4 is 21.4 Å². The number of thiophene rings is 1. The van der Waals surface area contributed by atoms with Crippen LogP contribution in [-0.4, -0.2) is 19.6 Å². The lowest BCUT2D eigenvalue weighted by Gasteiger charge is -2.03. The van der Waals surface area contributed by atoms with Gasteiger partial charge in [-0.15, -0.1) is 11.3 Å². The molecule has 18 heavy (non-hydrogen) atoms. The van der Waals surface area contributed by atoms with Crippen LogP contribution in [0, 0.1) is 12.8 Å². The third-order valence-corrected chi connectivity index (χ3v) is 6.48. The van der Waals surface area contributed by atoms with Crippen molar-refractivity contribution in [3.63, 3.8) is 0 Å². The third kappa shape index (κ3) is 2.93. The molecule has 0 spiro atoms. The van der Waals surface area contributed by atoms with Gasteiger partial charge in [-0.3, -0.25) is 0 Å². The van der Waals surface area contributed by atoms with Crippen LogP contribution >= 0.6 is 11.3 Å². The molecule has 1 fully saturated rings. The molecule has 6 heteroatoms. The van der Waals surface area contributed by atoms with Crippen molar-refractivity contribution in [2.24, 2.45) is 5.92 Å². The average Bonchev–Trinajstić information content (AvgIpc) is 2.88. The van der Waals surface area contributed by atoms with Gasteiger partial charge in [-0.1, -0.05) is 13.3 Å². The topological polar surface area (TPSA) is 66.4 Å². The summed E-state index contributed by atoms with van der Waals surface area (Å²) in [4.78, 5) is 0.719. The van der Waals surface area contributed by atoms with Crippen molar-refractivity contribution in [2.75, 3.05) is 0 Å². The Morgan fingerprint density at radius 3 is 2.83 bits per heavy atom. The SMILES string of the molecule is CCCC1CC1NS(=O)(=O)c1cc(C)c(CO)s1. The monoisotopic (exact) mass is 289 g/mol. The second-order valence-corrected chi connectivity index (χ2v) is 7.92. The van der Waals surface area contributed by atoms with Gasteiger partial charge in [0.25, 0.3) is 0 Å². The first-order valence-electron chi connectivity index (χ1n) is 6.20. The predicted molar refractivity (Wildman–Crippen MR) is 72.1 cm³/mol. The first kappa shape index (κ1) is 14.0. The van der Waals surface area contributed by atoms with Crippen molar-refractivity contribution in [3.8, 4) is 0 Å². The van der Waals surface area contributed by atoms with Crippen LogP contribution in [-0.2, 0) is 16.6 Å². The Kier molecular flexibility index (Phi) is 4.11. The number of sulfonamides is 1. The van der Waals surface area contributed by atoms with Crippen molar-refractivity contribution in [1.29, 1.82) is 0 Å². The van der Waals surface area contributed by atoms with Gasteiger partial charge < -0.3 is 5.11 Å². The lowest BCUT2D eigenvalue weighted by molar-refractivity contribution is 0.285. The fourth-order valence-corrected chi connectivity index (χ4v) is 4.90. The number of aliphatic hydroxyl groups excluding tert-OH is 1. The van der Waals surface area contributed by atoms with Crippen molar-refractivity contribution in [3.05, 3.63) is 16.5 Å². The van der Waals surface area contributed by atoms with E-state index in [9.17, 15) is 8.42 Å². The van der Waals surface area contributed by atoms with E-state index in [0.29, 0.717) is 10.1 Å². The van der Waals surface area contributed by atoms with E-state index in [2.05, 4.69) is 11.6 Å². The van der Waals surface area contributed by atoms with Gasteiger partial charge in [-0.2, -0.15) is 0 Å². The number of hydrogen-bond acceptors (Lipinski definition) is 4. The van der Waals surface area contributed by atoms with Crippen molar-refractivity contribution < 1.29 is 13.5 Å². The normalized spacial score (nSPS) is 23.3. The number of nitrogens with one attached hydrogen (secondary N) is 1. The largest absolute Gasteiger partial charge is 0.391 e. The maximum Gasteiger partial charge on any atom is 0.250 e. The van der Waals surface area contributed by atoms with Gasteiger partial charge in [0, 0.05) is 10.9 Å². The van der Waals surface area contributed by atoms with Gasteiger partial charge in [0.1, 0.15) is 4.21 Å². The molecule has 1 aromatic rings. The summed E-state index contributed by atoms with van der Waals surface area (Å²) in [5.41, 5.74) is 0.837. The summed E-state index contributed by atoms with van der Waals surface area (Å²) in [7, 11) is -3.40. The molecule has 0 bridgehead atoms. The lowest BCUT2D eigenvalue weighted by Crippen LogP contribution is -2.26. The Morgan fingerprint density at radius 1 is 1.56 bits per heavy atom. The average molecular weight is 289 g/mol. The summed E-state index contributed by atoms with van der Waals surface area (Å²) in [6, 6.07) is 1.74. The third-order valence-electron chi connectivity index (χ3n) is 3.30. The minimum atomic E-state index is -3.40. The van der Waals surface area contributed by atoms with Crippen LogP contribution in [0.25, 0.3) is 0 Å². The van der Waals surface area contributed by atoms with Crippen LogP contribution in [0.4, 0.5) is 0 Å². The molecule has 102 valence electrons. The van der Waals surface area contributed by atoms with E-state index in [1.807, 2.05) is 6.92 Å². The summed E-state index contributed by atoms with van der Waals surface area (Å²) in [5.74, 6) is 0.503. The van der Waals surface area contributed by atoms with Crippen LogP contribution in [0.15, 0.2) is 10.3 Å². The predicted octanol–water partition coefficient (Wildman–Crippen LogP) is 2.02. The molecular formula is C12H19NO3S2. The highest BCUT2D eigenvalue weighted by atomic mass is 32.2. The lowest BCUT2D eigenvalue weighted by atomic mass is 10.2. The molecule has 0 radical (unpaired) electrons. The van der Waals surface area contributed by atoms with Gasteiger partial charge in [-0.05, 0) is 37.3 Å². The van der Waals surface area contributed by atoms with E-state index >= 15 is 0 Å². The van der Waals surface area contributed by atoms with Crippen LogP contribution in [0.3, 0.4) is 0 Å². The van der Waals surface area contributed by atoms with Crippen LogP contribution in [0.5, 0.6) is 0 Å². The standard InChI is InChI=1S/C12H19NO3S2/c1-3-4-9-6-10(9)13-18(15,16)12-5-8(2)11(7-14)17-12/h5,9-10,13-14H,3-4,6-7H2,1-2H3. The van der Waals surface area contributed by atoms with E-state index in [-0.39, 0.29) is 12.6 Å². The Bertz CT molecular complexity index is 521. The first-order valence-corrected chi connectivity index (χ1v) is 8.50. The molecule has 2 atom stereocenters. The van der Waals surface area contributed by atoms with Gasteiger partial charge in [-0.25, -0.2) is 13.1 Å². The molecule has 2 N–H and O–H groups in total. The maximum atomic E-state index is 12.1. The Balaban J connectivity index is 2.07. The first-order chi connectivity index (χ1) is 8.47. The highest BCUT2D eigenvalue weighted by Gasteiger charge is 2.39. The highest BCUT2D eigenvalue weighted by Crippen LogP contribution is 2.36. The number of rotatable bonds is 6. The smallest absolute Gasteiger partial charge is 0.250 e. The molecule has 2 rings (SSSR count). The van der Waals surface area contributed by atoms with Crippen LogP contribution in [0.1, 0.15) is 36.6 Å². The van der Waals surface area contributed by atoms with E-state index < -0.39 is 10.0 Å². The molecule has 1 saturated carbocycles. The second kappa shape index (κ2) is 5.28. The van der Waals surface area contributed by atoms with Gasteiger partial charge in [0.2, 0.25) is 10.0 Å². The second-order valence-electron chi connectivity index (χ2n) is 4.84. The molecule has 0 saturated heterocycles. The van der Waals surface area contributed by atoms with E-state index in [1.165, 1.54) is 0 Å². The fraction of sp³-hybridized carbons (Fsp3) is 0.667. The molecule has 0 aromatic carbocycles. The molecule has 2 unspecified atom stereocenters. The van der Waals surface area contributed by atoms with Gasteiger partial charge in [0.05, 0.1) is 6.61 Å². The Labute approximate surface area is 112 Å². The highest BCUT2D eigenvalue weighted by molar-refractivity contribution is 7.91. The van der Waals surface area contributed by atoms with E-state index in [4.69, 9.17) is 5.11 Å². The summed E-state index contributed by atoms with van der Waals surface area (Å²) in [6.07, 6.45) is 3.12. The minimum absolute atomic E-state index is 0.103. The van der Waals surface area contributed by atoms with Crippen LogP contribution < -0.4 is 4.72 Å². The molecule has 4 nitrogen and oxygen atoms in total. The minimum Gasteiger partial charge on any atom is -0.391 e. The van der Waals surface area contributed by atoms with E-state index in [1.54, 1.807) is 6.07 Å². The molecule has 0 aliphatic heterocycles. The van der Waals surface area contributed by atoms with Crippen molar-refractivity contribution in [1.82, 2.24) is 4.72 Å². The zero-order valence-electron chi connectivity index (χ0n) is 10.6. The molecule has 1 aliphatic carbocycles. The molecule has 1 aromatic heterocycles. The Hall–Kier alpha value is -0.430. The number of hydrogen-bond donors (Lipinski definition) is 2. The van der Waals surface area contributed by atoms with Crippen molar-refractivity contribution in [2.45, 2.75) is 50.0 Å². The Morgan fingerprint density at radius 2 is 2.28 bits per heavy atom. The molecule has 1 heterocycles. The van der Waals surface area contributed by atoms with Gasteiger partial charge in [0.15, 0.2) is 0 Å². The van der Waals surface area contributed by atoms with Crippen LogP contribution in [0.2, 0.25) is 0 Å². The molecular weight excluding hydrogens is 270 g/mol. The molecule has 1 aliphatic rings. The van der Waals surface area contributed by atoms with E-state index in [0.717, 1.165) is 41.0 Å². The zero-order chi connectivity index (χ0) is 13.3. The summed E-state index contributed by atoms with van der Waals surface area (Å²) < 4.78 is 27.3. The zero-order valence-corrected chi connectivity index (χ0v) is 12.3. The van der Waals surface area contributed by atoms with Gasteiger partial charge >= 0.3 is 0 Å².